The van der Waals surface area contributed by atoms with Crippen LogP contribution in [-0.4, -0.2) is 29.0 Å². The molecule has 0 bridgehead atoms. The molecular weight excluding hydrogens is 290 g/mol. The summed E-state index contributed by atoms with van der Waals surface area (Å²) < 4.78 is 26.0. The van der Waals surface area contributed by atoms with Crippen LogP contribution in [0, 0.1) is 11.6 Å². The number of carbonyl (C=O) groups is 1. The van der Waals surface area contributed by atoms with Gasteiger partial charge in [0, 0.05) is 31.0 Å². The Morgan fingerprint density at radius 2 is 1.91 bits per heavy atom. The molecule has 3 rings (SSSR count). The second-order valence-corrected chi connectivity index (χ2v) is 5.02. The number of aromatic nitrogens is 2. The van der Waals surface area contributed by atoms with Crippen molar-refractivity contribution in [2.75, 3.05) is 23.3 Å². The van der Waals surface area contributed by atoms with E-state index in [0.717, 1.165) is 38.1 Å². The SMILES string of the molecule is O=C(Nc1ccc(F)c(F)c1)c1ccnc(N2CCCC2)n1. The molecule has 7 heteroatoms. The van der Waals surface area contributed by atoms with Gasteiger partial charge in [0.2, 0.25) is 5.95 Å². The first-order chi connectivity index (χ1) is 10.6. The maximum absolute atomic E-state index is 13.1. The molecule has 1 aliphatic rings. The van der Waals surface area contributed by atoms with Gasteiger partial charge < -0.3 is 10.2 Å². The molecular formula is C15H14F2N4O. The summed E-state index contributed by atoms with van der Waals surface area (Å²) in [7, 11) is 0. The molecule has 1 fully saturated rings. The van der Waals surface area contributed by atoms with E-state index in [9.17, 15) is 13.6 Å². The van der Waals surface area contributed by atoms with Gasteiger partial charge in [0.05, 0.1) is 0 Å². The van der Waals surface area contributed by atoms with Crippen LogP contribution in [0.3, 0.4) is 0 Å². The van der Waals surface area contributed by atoms with Crippen molar-refractivity contribution in [1.29, 1.82) is 0 Å². The quantitative estimate of drug-likeness (QED) is 0.947. The molecule has 0 saturated carbocycles. The second-order valence-electron chi connectivity index (χ2n) is 5.02. The Balaban J connectivity index is 1.76. The normalized spacial score (nSPS) is 14.2. The Hall–Kier alpha value is -2.57. The van der Waals surface area contributed by atoms with E-state index in [1.165, 1.54) is 18.3 Å². The molecule has 0 radical (unpaired) electrons. The average molecular weight is 304 g/mol. The first kappa shape index (κ1) is 14.4. The van der Waals surface area contributed by atoms with Crippen LogP contribution >= 0.6 is 0 Å². The standard InChI is InChI=1S/C15H14F2N4O/c16-11-4-3-10(9-12(11)17)19-14(22)13-5-6-18-15(20-13)21-7-1-2-8-21/h3-6,9H,1-2,7-8H2,(H,19,22). The van der Waals surface area contributed by atoms with Crippen LogP contribution in [-0.2, 0) is 0 Å². The molecule has 1 aromatic carbocycles. The highest BCUT2D eigenvalue weighted by Gasteiger charge is 2.17. The van der Waals surface area contributed by atoms with E-state index in [1.807, 2.05) is 4.90 Å². The topological polar surface area (TPSA) is 58.1 Å². The molecule has 5 nitrogen and oxygen atoms in total. The van der Waals surface area contributed by atoms with E-state index in [4.69, 9.17) is 0 Å². The summed E-state index contributed by atoms with van der Waals surface area (Å²) in [6.45, 7) is 1.74. The number of benzene rings is 1. The number of carbonyl (C=O) groups excluding carboxylic acids is 1. The van der Waals surface area contributed by atoms with Gasteiger partial charge in [-0.2, -0.15) is 0 Å². The largest absolute Gasteiger partial charge is 0.341 e. The number of anilines is 2. The third-order valence-corrected chi connectivity index (χ3v) is 3.44. The number of hydrogen-bond acceptors (Lipinski definition) is 4. The highest BCUT2D eigenvalue weighted by molar-refractivity contribution is 6.02. The van der Waals surface area contributed by atoms with E-state index in [-0.39, 0.29) is 11.4 Å². The zero-order valence-corrected chi connectivity index (χ0v) is 11.7. The summed E-state index contributed by atoms with van der Waals surface area (Å²) in [5.41, 5.74) is 0.354. The summed E-state index contributed by atoms with van der Waals surface area (Å²) in [5.74, 6) is -1.96. The average Bonchev–Trinajstić information content (AvgIpc) is 3.05. The lowest BCUT2D eigenvalue weighted by Gasteiger charge is -2.15. The smallest absolute Gasteiger partial charge is 0.274 e. The van der Waals surface area contributed by atoms with Gasteiger partial charge in [-0.15, -0.1) is 0 Å². The third-order valence-electron chi connectivity index (χ3n) is 3.44. The first-order valence-corrected chi connectivity index (χ1v) is 6.98. The minimum Gasteiger partial charge on any atom is -0.341 e. The maximum atomic E-state index is 13.1. The lowest BCUT2D eigenvalue weighted by Crippen LogP contribution is -2.22. The summed E-state index contributed by atoms with van der Waals surface area (Å²) in [6, 6.07) is 4.66. The van der Waals surface area contributed by atoms with Crippen molar-refractivity contribution in [1.82, 2.24) is 9.97 Å². The first-order valence-electron chi connectivity index (χ1n) is 6.98. The molecule has 1 amide bonds. The van der Waals surface area contributed by atoms with Crippen molar-refractivity contribution in [3.05, 3.63) is 47.8 Å². The van der Waals surface area contributed by atoms with Crippen molar-refractivity contribution in [2.24, 2.45) is 0 Å². The fraction of sp³-hybridized carbons (Fsp3) is 0.267. The van der Waals surface area contributed by atoms with Crippen LogP contribution in [0.15, 0.2) is 30.5 Å². The van der Waals surface area contributed by atoms with Crippen LogP contribution in [0.2, 0.25) is 0 Å². The summed E-state index contributed by atoms with van der Waals surface area (Å²) in [4.78, 5) is 22.5. The maximum Gasteiger partial charge on any atom is 0.274 e. The van der Waals surface area contributed by atoms with Gasteiger partial charge in [0.25, 0.3) is 5.91 Å². The van der Waals surface area contributed by atoms with Crippen LogP contribution in [0.5, 0.6) is 0 Å². The van der Waals surface area contributed by atoms with Crippen molar-refractivity contribution in [3.8, 4) is 0 Å². The molecule has 0 spiro atoms. The lowest BCUT2D eigenvalue weighted by atomic mass is 10.3. The molecule has 1 aliphatic heterocycles. The van der Waals surface area contributed by atoms with E-state index >= 15 is 0 Å². The van der Waals surface area contributed by atoms with Gasteiger partial charge in [-0.05, 0) is 31.0 Å². The highest BCUT2D eigenvalue weighted by Crippen LogP contribution is 2.17. The summed E-state index contributed by atoms with van der Waals surface area (Å²) >= 11 is 0. The van der Waals surface area contributed by atoms with Crippen LogP contribution in [0.25, 0.3) is 0 Å². The monoisotopic (exact) mass is 304 g/mol. The fourth-order valence-corrected chi connectivity index (χ4v) is 2.31. The van der Waals surface area contributed by atoms with Crippen LogP contribution in [0.1, 0.15) is 23.3 Å². The number of halogens is 2. The molecule has 2 aromatic rings. The predicted molar refractivity (Wildman–Crippen MR) is 77.8 cm³/mol. The fourth-order valence-electron chi connectivity index (χ4n) is 2.31. The van der Waals surface area contributed by atoms with E-state index in [1.54, 1.807) is 0 Å². The Morgan fingerprint density at radius 3 is 2.64 bits per heavy atom. The lowest BCUT2D eigenvalue weighted by molar-refractivity contribution is 0.102. The van der Waals surface area contributed by atoms with Gasteiger partial charge in [-0.3, -0.25) is 4.79 Å². The Kier molecular flexibility index (Phi) is 3.95. The van der Waals surface area contributed by atoms with Crippen LogP contribution in [0.4, 0.5) is 20.4 Å². The number of rotatable bonds is 3. The van der Waals surface area contributed by atoms with Gasteiger partial charge in [0.15, 0.2) is 11.6 Å². The number of nitrogens with one attached hydrogen (secondary N) is 1. The van der Waals surface area contributed by atoms with Crippen molar-refractivity contribution in [3.63, 3.8) is 0 Å². The Labute approximate surface area is 126 Å². The third kappa shape index (κ3) is 3.03. The highest BCUT2D eigenvalue weighted by atomic mass is 19.2. The molecule has 0 unspecified atom stereocenters. The summed E-state index contributed by atoms with van der Waals surface area (Å²) in [6.07, 6.45) is 3.67. The van der Waals surface area contributed by atoms with E-state index < -0.39 is 17.5 Å². The number of nitrogens with zero attached hydrogens (tertiary/aromatic N) is 3. The van der Waals surface area contributed by atoms with Gasteiger partial charge in [-0.25, -0.2) is 18.7 Å². The molecule has 2 heterocycles. The molecule has 0 atom stereocenters. The molecule has 1 saturated heterocycles. The molecule has 114 valence electrons. The minimum absolute atomic E-state index is 0.172. The van der Waals surface area contributed by atoms with E-state index in [2.05, 4.69) is 15.3 Å². The second kappa shape index (κ2) is 6.05. The van der Waals surface area contributed by atoms with Gasteiger partial charge >= 0.3 is 0 Å². The molecule has 0 aliphatic carbocycles. The van der Waals surface area contributed by atoms with Crippen molar-refractivity contribution >= 4 is 17.5 Å². The Morgan fingerprint density at radius 1 is 1.14 bits per heavy atom. The molecule has 1 N–H and O–H groups in total. The predicted octanol–water partition coefficient (Wildman–Crippen LogP) is 2.61. The van der Waals surface area contributed by atoms with Crippen molar-refractivity contribution in [2.45, 2.75) is 12.8 Å². The Bertz CT molecular complexity index is 702. The van der Waals surface area contributed by atoms with Crippen molar-refractivity contribution < 1.29 is 13.6 Å². The van der Waals surface area contributed by atoms with Gasteiger partial charge in [0.1, 0.15) is 5.69 Å². The zero-order valence-electron chi connectivity index (χ0n) is 11.7. The van der Waals surface area contributed by atoms with Crippen LogP contribution < -0.4 is 10.2 Å². The zero-order chi connectivity index (χ0) is 15.5. The summed E-state index contributed by atoms with van der Waals surface area (Å²) in [5, 5.41) is 2.49. The van der Waals surface area contributed by atoms with E-state index in [0.29, 0.717) is 5.95 Å². The minimum atomic E-state index is -1.02. The van der Waals surface area contributed by atoms with Gasteiger partial charge in [-0.1, -0.05) is 0 Å². The molecule has 22 heavy (non-hydrogen) atoms. The number of amides is 1. The number of hydrogen-bond donors (Lipinski definition) is 1. The molecule has 1 aromatic heterocycles.